The Morgan fingerprint density at radius 2 is 2.20 bits per heavy atom. The van der Waals surface area contributed by atoms with Crippen LogP contribution in [0.2, 0.25) is 0 Å². The first kappa shape index (κ1) is 10.3. The fourth-order valence-electron chi connectivity index (χ4n) is 0.538. The monoisotopic (exact) mass is 163 g/mol. The molecule has 0 aromatic carbocycles. The second kappa shape index (κ2) is 7.38. The molecule has 0 saturated carbocycles. The molecule has 0 spiro atoms. The molecular formula is C7H17NOS. The highest BCUT2D eigenvalue weighted by molar-refractivity contribution is 7.99. The van der Waals surface area contributed by atoms with Gasteiger partial charge in [-0.15, -0.1) is 0 Å². The molecule has 0 aromatic heterocycles. The van der Waals surface area contributed by atoms with Crippen LogP contribution in [0.15, 0.2) is 0 Å². The topological polar surface area (TPSA) is 46.2 Å². The normalized spacial score (nSPS) is 13.5. The first-order chi connectivity index (χ1) is 4.77. The summed E-state index contributed by atoms with van der Waals surface area (Å²) < 4.78 is 0. The summed E-state index contributed by atoms with van der Waals surface area (Å²) in [6, 6.07) is 0.321. The summed E-state index contributed by atoms with van der Waals surface area (Å²) in [7, 11) is 0. The van der Waals surface area contributed by atoms with Gasteiger partial charge in [0.25, 0.3) is 0 Å². The molecule has 0 bridgehead atoms. The van der Waals surface area contributed by atoms with Gasteiger partial charge >= 0.3 is 0 Å². The van der Waals surface area contributed by atoms with Crippen molar-refractivity contribution in [1.29, 1.82) is 0 Å². The van der Waals surface area contributed by atoms with Crippen molar-refractivity contribution in [2.24, 2.45) is 5.73 Å². The first-order valence-corrected chi connectivity index (χ1v) is 4.87. The van der Waals surface area contributed by atoms with Crippen LogP contribution in [-0.2, 0) is 0 Å². The smallest absolute Gasteiger partial charge is 0.0438 e. The third-order valence-electron chi connectivity index (χ3n) is 1.16. The molecule has 0 rings (SSSR count). The molecule has 0 radical (unpaired) electrons. The zero-order valence-electron chi connectivity index (χ0n) is 6.55. The minimum atomic E-state index is 0.311. The van der Waals surface area contributed by atoms with Crippen LogP contribution in [0.4, 0.5) is 0 Å². The van der Waals surface area contributed by atoms with Crippen molar-refractivity contribution in [3.05, 3.63) is 0 Å². The van der Waals surface area contributed by atoms with Crippen molar-refractivity contribution in [3.8, 4) is 0 Å². The molecule has 0 heterocycles. The zero-order valence-corrected chi connectivity index (χ0v) is 7.36. The Bertz CT molecular complexity index is 68.6. The summed E-state index contributed by atoms with van der Waals surface area (Å²) in [4.78, 5) is 0. The highest BCUT2D eigenvalue weighted by atomic mass is 32.2. The van der Waals surface area contributed by atoms with Gasteiger partial charge in [0.1, 0.15) is 0 Å². The Kier molecular flexibility index (Phi) is 7.58. The number of hydrogen-bond acceptors (Lipinski definition) is 3. The van der Waals surface area contributed by atoms with E-state index in [1.165, 1.54) is 0 Å². The van der Waals surface area contributed by atoms with E-state index in [0.29, 0.717) is 12.6 Å². The van der Waals surface area contributed by atoms with Crippen LogP contribution >= 0.6 is 11.8 Å². The molecular weight excluding hydrogens is 146 g/mol. The van der Waals surface area contributed by atoms with Gasteiger partial charge in [0.15, 0.2) is 0 Å². The standard InChI is InChI=1S/C7H17NOS/c1-7(8)3-6-10-5-2-4-9/h7,9H,2-6,8H2,1H3. The SMILES string of the molecule is CC(N)CCSCCCO. The van der Waals surface area contributed by atoms with Crippen LogP contribution < -0.4 is 5.73 Å². The van der Waals surface area contributed by atoms with E-state index in [9.17, 15) is 0 Å². The predicted octanol–water partition coefficient (Wildman–Crippen LogP) is 0.839. The second-order valence-corrected chi connectivity index (χ2v) is 3.68. The molecule has 0 fully saturated rings. The number of rotatable bonds is 6. The molecule has 1 atom stereocenters. The van der Waals surface area contributed by atoms with Crippen LogP contribution in [0.25, 0.3) is 0 Å². The highest BCUT2D eigenvalue weighted by Gasteiger charge is 1.93. The molecule has 3 N–H and O–H groups in total. The largest absolute Gasteiger partial charge is 0.396 e. The molecule has 0 aliphatic carbocycles. The molecule has 0 aromatic rings. The lowest BCUT2D eigenvalue weighted by atomic mass is 10.3. The van der Waals surface area contributed by atoms with Gasteiger partial charge < -0.3 is 10.8 Å². The Labute approximate surface area is 67.2 Å². The number of hydrogen-bond donors (Lipinski definition) is 2. The third kappa shape index (κ3) is 8.27. The fourth-order valence-corrected chi connectivity index (χ4v) is 1.61. The Balaban J connectivity index is 2.77. The quantitative estimate of drug-likeness (QED) is 0.570. The summed E-state index contributed by atoms with van der Waals surface area (Å²) in [5.41, 5.74) is 5.54. The minimum Gasteiger partial charge on any atom is -0.396 e. The van der Waals surface area contributed by atoms with E-state index in [1.807, 2.05) is 18.7 Å². The van der Waals surface area contributed by atoms with E-state index < -0.39 is 0 Å². The van der Waals surface area contributed by atoms with Crippen LogP contribution in [0.1, 0.15) is 19.8 Å². The van der Waals surface area contributed by atoms with E-state index in [1.54, 1.807) is 0 Å². The summed E-state index contributed by atoms with van der Waals surface area (Å²) in [6.45, 7) is 2.33. The van der Waals surface area contributed by atoms with Gasteiger partial charge in [0.2, 0.25) is 0 Å². The minimum absolute atomic E-state index is 0.311. The third-order valence-corrected chi connectivity index (χ3v) is 2.27. The molecule has 10 heavy (non-hydrogen) atoms. The van der Waals surface area contributed by atoms with E-state index in [0.717, 1.165) is 24.3 Å². The van der Waals surface area contributed by atoms with Crippen LogP contribution in [0.3, 0.4) is 0 Å². The van der Waals surface area contributed by atoms with Gasteiger partial charge in [-0.05, 0) is 31.3 Å². The van der Waals surface area contributed by atoms with Gasteiger partial charge in [-0.1, -0.05) is 0 Å². The summed E-state index contributed by atoms with van der Waals surface area (Å²) >= 11 is 1.87. The van der Waals surface area contributed by atoms with E-state index in [-0.39, 0.29) is 0 Å². The Morgan fingerprint density at radius 3 is 2.70 bits per heavy atom. The molecule has 0 aliphatic heterocycles. The lowest BCUT2D eigenvalue weighted by Crippen LogP contribution is -2.15. The molecule has 0 saturated heterocycles. The van der Waals surface area contributed by atoms with Crippen molar-refractivity contribution < 1.29 is 5.11 Å². The molecule has 2 nitrogen and oxygen atoms in total. The fraction of sp³-hybridized carbons (Fsp3) is 1.00. The van der Waals surface area contributed by atoms with Gasteiger partial charge in [0.05, 0.1) is 0 Å². The van der Waals surface area contributed by atoms with Gasteiger partial charge in [-0.3, -0.25) is 0 Å². The van der Waals surface area contributed by atoms with Gasteiger partial charge in [-0.2, -0.15) is 11.8 Å². The van der Waals surface area contributed by atoms with E-state index in [2.05, 4.69) is 0 Å². The summed E-state index contributed by atoms with van der Waals surface area (Å²) in [5.74, 6) is 2.18. The predicted molar refractivity (Wildman–Crippen MR) is 47.3 cm³/mol. The maximum Gasteiger partial charge on any atom is 0.0438 e. The van der Waals surface area contributed by atoms with Crippen molar-refractivity contribution >= 4 is 11.8 Å². The molecule has 1 unspecified atom stereocenters. The lowest BCUT2D eigenvalue weighted by Gasteiger charge is -2.02. The average Bonchev–Trinajstić information content (AvgIpc) is 1.87. The second-order valence-electron chi connectivity index (χ2n) is 2.46. The van der Waals surface area contributed by atoms with Crippen molar-refractivity contribution in [1.82, 2.24) is 0 Å². The van der Waals surface area contributed by atoms with Crippen molar-refractivity contribution in [3.63, 3.8) is 0 Å². The number of nitrogens with two attached hydrogens (primary N) is 1. The maximum atomic E-state index is 8.44. The van der Waals surface area contributed by atoms with Crippen molar-refractivity contribution in [2.75, 3.05) is 18.1 Å². The van der Waals surface area contributed by atoms with Crippen LogP contribution in [-0.4, -0.2) is 29.3 Å². The van der Waals surface area contributed by atoms with Crippen molar-refractivity contribution in [2.45, 2.75) is 25.8 Å². The average molecular weight is 163 g/mol. The Morgan fingerprint density at radius 1 is 1.50 bits per heavy atom. The zero-order chi connectivity index (χ0) is 7.82. The molecule has 3 heteroatoms. The molecule has 0 aliphatic rings. The lowest BCUT2D eigenvalue weighted by molar-refractivity contribution is 0.296. The highest BCUT2D eigenvalue weighted by Crippen LogP contribution is 2.04. The maximum absolute atomic E-state index is 8.44. The van der Waals surface area contributed by atoms with E-state index in [4.69, 9.17) is 10.8 Å². The summed E-state index contributed by atoms with van der Waals surface area (Å²) in [5, 5.41) is 8.44. The molecule has 62 valence electrons. The van der Waals surface area contributed by atoms with Gasteiger partial charge in [-0.25, -0.2) is 0 Å². The number of thioether (sulfide) groups is 1. The number of aliphatic hydroxyl groups excluding tert-OH is 1. The summed E-state index contributed by atoms with van der Waals surface area (Å²) in [6.07, 6.45) is 1.99. The Hall–Kier alpha value is 0.270. The van der Waals surface area contributed by atoms with Gasteiger partial charge in [0, 0.05) is 12.6 Å². The first-order valence-electron chi connectivity index (χ1n) is 3.71. The molecule has 0 amide bonds. The van der Waals surface area contributed by atoms with Crippen LogP contribution in [0, 0.1) is 0 Å². The number of aliphatic hydroxyl groups is 1. The van der Waals surface area contributed by atoms with Crippen LogP contribution in [0.5, 0.6) is 0 Å². The van der Waals surface area contributed by atoms with E-state index >= 15 is 0 Å².